The average molecular weight is 841 g/mol. The third-order valence-corrected chi connectivity index (χ3v) is 10.5. The van der Waals surface area contributed by atoms with Crippen LogP contribution in [-0.2, 0) is 37.5 Å². The molecule has 0 radical (unpaired) electrons. The highest BCUT2D eigenvalue weighted by Gasteiger charge is 2.39. The van der Waals surface area contributed by atoms with E-state index < -0.39 is 76.5 Å². The van der Waals surface area contributed by atoms with Gasteiger partial charge in [-0.1, -0.05) is 113 Å². The highest BCUT2D eigenvalue weighted by atomic mass is 31.2. The number of rotatable bonds is 35. The molecule has 332 valence electrons. The minimum absolute atomic E-state index is 0.0438. The van der Waals surface area contributed by atoms with Crippen LogP contribution in [0.2, 0.25) is 0 Å². The predicted octanol–water partition coefficient (Wildman–Crippen LogP) is 7.70. The fraction of sp³-hybridized carbons (Fsp3) is 0.705. The van der Waals surface area contributed by atoms with Gasteiger partial charge in [0.1, 0.15) is 18.5 Å². The Balaban J connectivity index is 2.50. The summed E-state index contributed by atoms with van der Waals surface area (Å²) in [5.41, 5.74) is 0. The highest BCUT2D eigenvalue weighted by Crippen LogP contribution is 2.43. The summed E-state index contributed by atoms with van der Waals surface area (Å²) in [5, 5.41) is 39.0. The molecule has 0 amide bonds. The molecule has 0 bridgehead atoms. The summed E-state index contributed by atoms with van der Waals surface area (Å²) >= 11 is 0. The molecule has 5 N–H and O–H groups in total. The van der Waals surface area contributed by atoms with E-state index >= 15 is 0 Å². The Morgan fingerprint density at radius 3 is 2.16 bits per heavy atom. The van der Waals surface area contributed by atoms with Gasteiger partial charge in [0.2, 0.25) is 0 Å². The van der Waals surface area contributed by atoms with E-state index in [2.05, 4.69) is 54.8 Å². The van der Waals surface area contributed by atoms with Gasteiger partial charge in [-0.15, -0.1) is 0 Å². The molecule has 1 saturated carbocycles. The van der Waals surface area contributed by atoms with Gasteiger partial charge in [-0.05, 0) is 64.2 Å². The predicted molar refractivity (Wildman–Crippen MR) is 224 cm³/mol. The van der Waals surface area contributed by atoms with Gasteiger partial charge in [-0.3, -0.25) is 23.4 Å². The Bertz CT molecular complexity index is 1310. The summed E-state index contributed by atoms with van der Waals surface area (Å²) in [7, 11) is -4.69. The molecular weight excluding hydrogens is 767 g/mol. The number of allylic oxidation sites excluding steroid dienone is 9. The lowest BCUT2D eigenvalue weighted by Gasteiger charge is -2.20. The van der Waals surface area contributed by atoms with Gasteiger partial charge in [-0.25, -0.2) is 4.57 Å². The monoisotopic (exact) mass is 840 g/mol. The van der Waals surface area contributed by atoms with Gasteiger partial charge < -0.3 is 34.8 Å². The molecular formula is C44H73O13P. The number of phosphoric ester groups is 1. The summed E-state index contributed by atoms with van der Waals surface area (Å²) in [6.07, 6.45) is 29.8. The molecule has 1 aliphatic carbocycles. The molecule has 14 heteroatoms. The van der Waals surface area contributed by atoms with Gasteiger partial charge in [0, 0.05) is 31.1 Å². The molecule has 58 heavy (non-hydrogen) atoms. The number of phosphoric acid groups is 1. The maximum atomic E-state index is 12.6. The average Bonchev–Trinajstić information content (AvgIpc) is 3.47. The van der Waals surface area contributed by atoms with Gasteiger partial charge in [0.25, 0.3) is 0 Å². The fourth-order valence-electron chi connectivity index (χ4n) is 6.16. The van der Waals surface area contributed by atoms with Crippen LogP contribution in [-0.4, -0.2) is 93.9 Å². The number of carbonyl (C=O) groups is 3. The second kappa shape index (κ2) is 34.0. The quantitative estimate of drug-likeness (QED) is 0.0180. The van der Waals surface area contributed by atoms with Crippen LogP contribution < -0.4 is 0 Å². The third-order valence-electron chi connectivity index (χ3n) is 9.53. The van der Waals surface area contributed by atoms with Crippen LogP contribution >= 0.6 is 7.82 Å². The third kappa shape index (κ3) is 27.9. The molecule has 0 spiro atoms. The molecule has 0 saturated heterocycles. The maximum Gasteiger partial charge on any atom is 0.472 e. The number of ether oxygens (including phenoxy) is 2. The lowest BCUT2D eigenvalue weighted by atomic mass is 9.90. The normalized spacial score (nSPS) is 20.2. The summed E-state index contributed by atoms with van der Waals surface area (Å²) in [6, 6.07) is 0. The SMILES string of the molecule is CC/C=C\C/C=C\C/C=C\CCCCCCCC(=O)O[C@H](COC(=O)CCC/C=C\C[C@H]1[C@@H](O)CC(=O)[C@@H]1/C=C/[C@@H](O)CCCCC)COP(=O)(O)OC[C@@H](O)CO. The number of Topliss-reactive ketones (excluding diaryl/α,β-unsaturated/α-hetero) is 1. The van der Waals surface area contributed by atoms with Crippen molar-refractivity contribution < 1.29 is 62.8 Å². The lowest BCUT2D eigenvalue weighted by molar-refractivity contribution is -0.161. The molecule has 0 heterocycles. The molecule has 0 aliphatic heterocycles. The fourth-order valence-corrected chi connectivity index (χ4v) is 6.95. The molecule has 1 unspecified atom stereocenters. The largest absolute Gasteiger partial charge is 0.472 e. The Morgan fingerprint density at radius 1 is 0.793 bits per heavy atom. The molecule has 1 fully saturated rings. The van der Waals surface area contributed by atoms with Crippen LogP contribution in [0.3, 0.4) is 0 Å². The van der Waals surface area contributed by atoms with Gasteiger partial charge in [-0.2, -0.15) is 0 Å². The number of aliphatic hydroxyl groups is 4. The summed E-state index contributed by atoms with van der Waals surface area (Å²) in [5.74, 6) is -1.94. The topological polar surface area (TPSA) is 206 Å². The van der Waals surface area contributed by atoms with E-state index in [1.165, 1.54) is 0 Å². The van der Waals surface area contributed by atoms with Crippen LogP contribution in [0.5, 0.6) is 0 Å². The Kier molecular flexibility index (Phi) is 31.3. The second-order valence-corrected chi connectivity index (χ2v) is 16.2. The van der Waals surface area contributed by atoms with Crippen LogP contribution in [0.4, 0.5) is 0 Å². The van der Waals surface area contributed by atoms with Crippen molar-refractivity contribution >= 4 is 25.5 Å². The first-order valence-electron chi connectivity index (χ1n) is 21.3. The minimum atomic E-state index is -4.69. The van der Waals surface area contributed by atoms with E-state index in [-0.39, 0.29) is 31.0 Å². The zero-order chi connectivity index (χ0) is 42.9. The van der Waals surface area contributed by atoms with Crippen LogP contribution in [0.15, 0.2) is 60.8 Å². The van der Waals surface area contributed by atoms with Gasteiger partial charge in [0.05, 0.1) is 32.0 Å². The Labute approximate surface area is 346 Å². The number of carbonyl (C=O) groups excluding carboxylic acids is 3. The van der Waals surface area contributed by atoms with E-state index in [1.54, 1.807) is 12.2 Å². The second-order valence-electron chi connectivity index (χ2n) is 14.8. The van der Waals surface area contributed by atoms with Crippen molar-refractivity contribution in [3.63, 3.8) is 0 Å². The van der Waals surface area contributed by atoms with Gasteiger partial charge >= 0.3 is 19.8 Å². The van der Waals surface area contributed by atoms with Crippen molar-refractivity contribution in [3.8, 4) is 0 Å². The number of hydrogen-bond donors (Lipinski definition) is 5. The maximum absolute atomic E-state index is 12.6. The van der Waals surface area contributed by atoms with Crippen molar-refractivity contribution in [1.82, 2.24) is 0 Å². The molecule has 0 aromatic rings. The standard InChI is InChI=1S/C44H73O13P/c1-3-5-7-8-9-10-11-12-13-14-15-16-17-18-24-28-44(51)57-38(35-56-58(52,53)55-33-37(47)32-45)34-54-43(50)27-23-20-19-22-26-39-40(42(49)31-41(39)48)30-29-36(46)25-21-6-4-2/h5,7,9-10,12-13,19,22,29-30,36-41,45-48H,3-4,6,8,11,14-18,20-21,23-28,31-35H2,1-2H3,(H,52,53)/b7-5-,10-9-,13-12-,22-19-,30-29+/t36-,37-,38+,39+,40+,41-/m0/s1. The van der Waals surface area contributed by atoms with Crippen molar-refractivity contribution in [1.29, 1.82) is 0 Å². The number of aliphatic hydroxyl groups excluding tert-OH is 4. The summed E-state index contributed by atoms with van der Waals surface area (Å²) in [6.45, 7) is 1.82. The van der Waals surface area contributed by atoms with E-state index in [1.807, 2.05) is 12.2 Å². The van der Waals surface area contributed by atoms with E-state index in [0.717, 1.165) is 70.6 Å². The van der Waals surface area contributed by atoms with Gasteiger partial charge in [0.15, 0.2) is 6.10 Å². The Morgan fingerprint density at radius 2 is 1.43 bits per heavy atom. The summed E-state index contributed by atoms with van der Waals surface area (Å²) in [4.78, 5) is 47.6. The molecule has 1 aliphatic rings. The Hall–Kier alpha value is -2.74. The smallest absolute Gasteiger partial charge is 0.462 e. The number of unbranched alkanes of at least 4 members (excludes halogenated alkanes) is 8. The molecule has 13 nitrogen and oxygen atoms in total. The highest BCUT2D eigenvalue weighted by molar-refractivity contribution is 7.47. The van der Waals surface area contributed by atoms with E-state index in [9.17, 15) is 39.2 Å². The van der Waals surface area contributed by atoms with Crippen molar-refractivity contribution in [2.24, 2.45) is 11.8 Å². The molecule has 0 aromatic carbocycles. The van der Waals surface area contributed by atoms with Crippen LogP contribution in [0, 0.1) is 11.8 Å². The van der Waals surface area contributed by atoms with Crippen molar-refractivity contribution in [2.75, 3.05) is 26.4 Å². The first-order valence-corrected chi connectivity index (χ1v) is 22.8. The van der Waals surface area contributed by atoms with E-state index in [0.29, 0.717) is 32.1 Å². The van der Waals surface area contributed by atoms with Crippen LogP contribution in [0.1, 0.15) is 136 Å². The van der Waals surface area contributed by atoms with Crippen molar-refractivity contribution in [3.05, 3.63) is 60.8 Å². The summed E-state index contributed by atoms with van der Waals surface area (Å²) < 4.78 is 32.6. The molecule has 0 aromatic heterocycles. The number of ketones is 1. The number of esters is 2. The molecule has 1 rings (SSSR count). The van der Waals surface area contributed by atoms with Crippen molar-refractivity contribution in [2.45, 2.75) is 160 Å². The lowest BCUT2D eigenvalue weighted by Crippen LogP contribution is -2.29. The zero-order valence-electron chi connectivity index (χ0n) is 35.0. The first-order chi connectivity index (χ1) is 27.9. The molecule has 7 atom stereocenters. The minimum Gasteiger partial charge on any atom is -0.462 e. The van der Waals surface area contributed by atoms with E-state index in [4.69, 9.17) is 19.1 Å². The number of hydrogen-bond acceptors (Lipinski definition) is 12. The van der Waals surface area contributed by atoms with Crippen LogP contribution in [0.25, 0.3) is 0 Å². The first kappa shape index (κ1) is 53.3. The zero-order valence-corrected chi connectivity index (χ0v) is 35.8.